The molecular weight excluding hydrogens is 242 g/mol. The van der Waals surface area contributed by atoms with Crippen molar-refractivity contribution < 1.29 is 9.47 Å². The summed E-state index contributed by atoms with van der Waals surface area (Å²) in [6, 6.07) is 9.10. The third-order valence-electron chi connectivity index (χ3n) is 3.52. The molecule has 100 valence electrons. The minimum absolute atomic E-state index is 0.0802. The zero-order valence-corrected chi connectivity index (χ0v) is 10.7. The lowest BCUT2D eigenvalue weighted by Crippen LogP contribution is -2.21. The van der Waals surface area contributed by atoms with Crippen LogP contribution < -0.4 is 10.3 Å². The van der Waals surface area contributed by atoms with Crippen molar-refractivity contribution in [3.63, 3.8) is 0 Å². The number of benzene rings is 1. The van der Waals surface area contributed by atoms with Gasteiger partial charge >= 0.3 is 0 Å². The predicted molar refractivity (Wildman–Crippen MR) is 73.6 cm³/mol. The first-order valence-electron chi connectivity index (χ1n) is 6.65. The van der Waals surface area contributed by atoms with Gasteiger partial charge in [-0.15, -0.1) is 0 Å². The quantitative estimate of drug-likeness (QED) is 0.920. The summed E-state index contributed by atoms with van der Waals surface area (Å²) < 4.78 is 11.2. The van der Waals surface area contributed by atoms with Gasteiger partial charge < -0.3 is 14.5 Å². The summed E-state index contributed by atoms with van der Waals surface area (Å²) in [5.41, 5.74) is 0.759. The summed E-state index contributed by atoms with van der Waals surface area (Å²) in [5, 5.41) is 0.990. The van der Waals surface area contributed by atoms with E-state index in [1.54, 1.807) is 0 Å². The third-order valence-corrected chi connectivity index (χ3v) is 3.52. The Bertz CT molecular complexity index is 614. The maximum atomic E-state index is 11.2. The second-order valence-corrected chi connectivity index (χ2v) is 4.94. The van der Waals surface area contributed by atoms with Crippen LogP contribution in [0.25, 0.3) is 10.9 Å². The van der Waals surface area contributed by atoms with Gasteiger partial charge in [0.2, 0.25) is 5.56 Å². The fourth-order valence-corrected chi connectivity index (χ4v) is 2.35. The number of pyridine rings is 1. The van der Waals surface area contributed by atoms with Crippen LogP contribution >= 0.6 is 0 Å². The van der Waals surface area contributed by atoms with Crippen molar-refractivity contribution in [2.24, 2.45) is 5.92 Å². The number of rotatable bonds is 3. The molecule has 2 aromatic rings. The number of ether oxygens (including phenoxy) is 2. The first kappa shape index (κ1) is 12.2. The number of nitrogens with one attached hydrogen (secondary N) is 1. The highest BCUT2D eigenvalue weighted by molar-refractivity contribution is 5.79. The van der Waals surface area contributed by atoms with Crippen LogP contribution in [0.4, 0.5) is 0 Å². The Kier molecular flexibility index (Phi) is 3.51. The molecular formula is C15H17NO3. The van der Waals surface area contributed by atoms with E-state index in [1.165, 1.54) is 6.07 Å². The van der Waals surface area contributed by atoms with Crippen LogP contribution in [0.1, 0.15) is 12.8 Å². The monoisotopic (exact) mass is 259 g/mol. The molecule has 0 spiro atoms. The van der Waals surface area contributed by atoms with Crippen LogP contribution in [0.5, 0.6) is 5.75 Å². The van der Waals surface area contributed by atoms with Gasteiger partial charge in [0.25, 0.3) is 0 Å². The van der Waals surface area contributed by atoms with Gasteiger partial charge in [-0.2, -0.15) is 0 Å². The lowest BCUT2D eigenvalue weighted by atomic mass is 10.0. The topological polar surface area (TPSA) is 51.3 Å². The second kappa shape index (κ2) is 5.45. The molecule has 0 bridgehead atoms. The van der Waals surface area contributed by atoms with E-state index in [1.807, 2.05) is 24.3 Å². The second-order valence-electron chi connectivity index (χ2n) is 4.94. The first-order chi connectivity index (χ1) is 9.31. The van der Waals surface area contributed by atoms with Crippen molar-refractivity contribution in [2.75, 3.05) is 19.8 Å². The van der Waals surface area contributed by atoms with Crippen molar-refractivity contribution in [2.45, 2.75) is 12.8 Å². The molecule has 0 atom stereocenters. The molecule has 0 radical (unpaired) electrons. The van der Waals surface area contributed by atoms with Gasteiger partial charge in [-0.3, -0.25) is 4.79 Å². The van der Waals surface area contributed by atoms with E-state index in [9.17, 15) is 4.79 Å². The van der Waals surface area contributed by atoms with Gasteiger partial charge in [-0.05, 0) is 43.0 Å². The molecule has 0 unspecified atom stereocenters. The summed E-state index contributed by atoms with van der Waals surface area (Å²) in [4.78, 5) is 14.0. The minimum Gasteiger partial charge on any atom is -0.493 e. The summed E-state index contributed by atoms with van der Waals surface area (Å²) in [6.45, 7) is 2.41. The van der Waals surface area contributed by atoms with Crippen molar-refractivity contribution in [3.05, 3.63) is 40.7 Å². The van der Waals surface area contributed by atoms with Gasteiger partial charge in [0.1, 0.15) is 5.75 Å². The molecule has 3 rings (SSSR count). The number of hydrogen-bond acceptors (Lipinski definition) is 3. The largest absolute Gasteiger partial charge is 0.493 e. The van der Waals surface area contributed by atoms with Crippen LogP contribution in [0.15, 0.2) is 35.1 Å². The molecule has 1 fully saturated rings. The average Bonchev–Trinajstić information content (AvgIpc) is 2.46. The fraction of sp³-hybridized carbons (Fsp3) is 0.400. The van der Waals surface area contributed by atoms with Crippen molar-refractivity contribution in [1.82, 2.24) is 4.98 Å². The molecule has 1 saturated heterocycles. The van der Waals surface area contributed by atoms with Crippen LogP contribution in [-0.2, 0) is 4.74 Å². The smallest absolute Gasteiger partial charge is 0.248 e. The van der Waals surface area contributed by atoms with E-state index < -0.39 is 0 Å². The molecule has 4 heteroatoms. The summed E-state index contributed by atoms with van der Waals surface area (Å²) in [6.07, 6.45) is 2.14. The van der Waals surface area contributed by atoms with Crippen LogP contribution in [0.2, 0.25) is 0 Å². The number of fused-ring (bicyclic) bond motifs is 1. The normalized spacial score (nSPS) is 16.6. The van der Waals surface area contributed by atoms with E-state index in [-0.39, 0.29) is 5.56 Å². The Morgan fingerprint density at radius 1 is 1.21 bits per heavy atom. The molecule has 1 N–H and O–H groups in total. The first-order valence-corrected chi connectivity index (χ1v) is 6.65. The molecule has 2 heterocycles. The summed E-state index contributed by atoms with van der Waals surface area (Å²) >= 11 is 0. The molecule has 0 amide bonds. The maximum Gasteiger partial charge on any atom is 0.248 e. The molecule has 4 nitrogen and oxygen atoms in total. The Hall–Kier alpha value is -1.81. The molecule has 19 heavy (non-hydrogen) atoms. The van der Waals surface area contributed by atoms with E-state index in [2.05, 4.69) is 4.98 Å². The highest BCUT2D eigenvalue weighted by Gasteiger charge is 2.14. The molecule has 1 aliphatic heterocycles. The number of aromatic amines is 1. The van der Waals surface area contributed by atoms with E-state index in [4.69, 9.17) is 9.47 Å². The third kappa shape index (κ3) is 2.96. The van der Waals surface area contributed by atoms with Crippen molar-refractivity contribution in [1.29, 1.82) is 0 Å². The lowest BCUT2D eigenvalue weighted by Gasteiger charge is -2.22. The fourth-order valence-electron chi connectivity index (χ4n) is 2.35. The minimum atomic E-state index is -0.0802. The van der Waals surface area contributed by atoms with E-state index in [0.717, 1.165) is 49.3 Å². The maximum absolute atomic E-state index is 11.2. The Morgan fingerprint density at radius 3 is 2.89 bits per heavy atom. The van der Waals surface area contributed by atoms with Crippen LogP contribution in [0, 0.1) is 5.92 Å². The molecule has 1 aliphatic rings. The van der Waals surface area contributed by atoms with Gasteiger partial charge in [-0.25, -0.2) is 0 Å². The highest BCUT2D eigenvalue weighted by atomic mass is 16.5. The van der Waals surface area contributed by atoms with Crippen LogP contribution in [-0.4, -0.2) is 24.8 Å². The van der Waals surface area contributed by atoms with Gasteiger partial charge in [-0.1, -0.05) is 0 Å². The van der Waals surface area contributed by atoms with Gasteiger partial charge in [0, 0.05) is 30.2 Å². The lowest BCUT2D eigenvalue weighted by molar-refractivity contribution is 0.0498. The number of aromatic nitrogens is 1. The summed E-state index contributed by atoms with van der Waals surface area (Å²) in [5.74, 6) is 1.44. The summed E-state index contributed by atoms with van der Waals surface area (Å²) in [7, 11) is 0. The van der Waals surface area contributed by atoms with Gasteiger partial charge in [0.05, 0.1) is 6.61 Å². The Labute approximate surface area is 111 Å². The highest BCUT2D eigenvalue weighted by Crippen LogP contribution is 2.21. The molecule has 0 aliphatic carbocycles. The zero-order valence-electron chi connectivity index (χ0n) is 10.7. The predicted octanol–water partition coefficient (Wildman–Crippen LogP) is 2.33. The van der Waals surface area contributed by atoms with E-state index in [0.29, 0.717) is 5.92 Å². The van der Waals surface area contributed by atoms with Crippen LogP contribution in [0.3, 0.4) is 0 Å². The number of H-pyrrole nitrogens is 1. The van der Waals surface area contributed by atoms with E-state index >= 15 is 0 Å². The average molecular weight is 259 g/mol. The molecule has 1 aromatic carbocycles. The Morgan fingerprint density at radius 2 is 2.05 bits per heavy atom. The standard InChI is InChI=1S/C15H17NO3/c17-15-4-1-12-9-13(2-3-14(12)16-15)19-10-11-5-7-18-8-6-11/h1-4,9,11H,5-8,10H2,(H,16,17). The SMILES string of the molecule is O=c1ccc2cc(OCC3CCOCC3)ccc2[nH]1. The Balaban J connectivity index is 1.70. The molecule has 0 saturated carbocycles. The molecule has 1 aromatic heterocycles. The zero-order chi connectivity index (χ0) is 13.1. The van der Waals surface area contributed by atoms with Crippen molar-refractivity contribution in [3.8, 4) is 5.75 Å². The number of hydrogen-bond donors (Lipinski definition) is 1. The van der Waals surface area contributed by atoms with Gasteiger partial charge in [0.15, 0.2) is 0 Å². The van der Waals surface area contributed by atoms with Crippen molar-refractivity contribution >= 4 is 10.9 Å².